The van der Waals surface area contributed by atoms with Gasteiger partial charge >= 0.3 is 0 Å². The molecule has 0 radical (unpaired) electrons. The van der Waals surface area contributed by atoms with E-state index in [2.05, 4.69) is 60.8 Å². The lowest BCUT2D eigenvalue weighted by Crippen LogP contribution is -2.39. The first-order valence-corrected chi connectivity index (χ1v) is 7.69. The summed E-state index contributed by atoms with van der Waals surface area (Å²) >= 11 is 0. The van der Waals surface area contributed by atoms with Crippen molar-refractivity contribution in [3.63, 3.8) is 0 Å². The molecule has 2 aromatic rings. The molecule has 1 aliphatic rings. The van der Waals surface area contributed by atoms with Crippen LogP contribution in [0.3, 0.4) is 0 Å². The quantitative estimate of drug-likeness (QED) is 0.907. The summed E-state index contributed by atoms with van der Waals surface area (Å²) in [5.74, 6) is 0. The van der Waals surface area contributed by atoms with Crippen molar-refractivity contribution in [1.82, 2.24) is 5.32 Å². The van der Waals surface area contributed by atoms with Crippen LogP contribution in [0.15, 0.2) is 54.6 Å². The van der Waals surface area contributed by atoms with E-state index in [1.165, 1.54) is 16.7 Å². The van der Waals surface area contributed by atoms with Gasteiger partial charge in [0.2, 0.25) is 0 Å². The maximum atomic E-state index is 6.00. The zero-order chi connectivity index (χ0) is 14.7. The van der Waals surface area contributed by atoms with E-state index in [1.807, 2.05) is 13.1 Å². The molecule has 21 heavy (non-hydrogen) atoms. The normalized spacial score (nSPS) is 23.1. The van der Waals surface area contributed by atoms with E-state index in [9.17, 15) is 0 Å². The SMILES string of the molecule is CNC(c1ccc(-c2ccccc2)cc1)C1(C)CCCO1. The number of rotatable bonds is 4. The van der Waals surface area contributed by atoms with Gasteiger partial charge in [0.05, 0.1) is 11.6 Å². The van der Waals surface area contributed by atoms with E-state index < -0.39 is 0 Å². The van der Waals surface area contributed by atoms with Crippen molar-refractivity contribution in [3.8, 4) is 11.1 Å². The third-order valence-electron chi connectivity index (χ3n) is 4.50. The Bertz CT molecular complexity index is 570. The average Bonchev–Trinajstić information content (AvgIpc) is 2.97. The molecule has 0 aromatic heterocycles. The lowest BCUT2D eigenvalue weighted by molar-refractivity contribution is -0.0104. The number of benzene rings is 2. The van der Waals surface area contributed by atoms with Crippen LogP contribution in [-0.2, 0) is 4.74 Å². The monoisotopic (exact) mass is 281 g/mol. The van der Waals surface area contributed by atoms with Crippen LogP contribution in [0.2, 0.25) is 0 Å². The average molecular weight is 281 g/mol. The van der Waals surface area contributed by atoms with Gasteiger partial charge < -0.3 is 10.1 Å². The van der Waals surface area contributed by atoms with E-state index in [0.717, 1.165) is 19.4 Å². The zero-order valence-electron chi connectivity index (χ0n) is 12.8. The maximum Gasteiger partial charge on any atom is 0.0849 e. The Labute approximate surface area is 127 Å². The standard InChI is InChI=1S/C19H23NO/c1-19(13-6-14-21-19)18(20-2)17-11-9-16(10-12-17)15-7-4-3-5-8-15/h3-5,7-12,18,20H,6,13-14H2,1-2H3. The lowest BCUT2D eigenvalue weighted by Gasteiger charge is -2.33. The number of hydrogen-bond acceptors (Lipinski definition) is 2. The second-order valence-electron chi connectivity index (χ2n) is 5.97. The van der Waals surface area contributed by atoms with Crippen molar-refractivity contribution < 1.29 is 4.74 Å². The first-order valence-electron chi connectivity index (χ1n) is 7.69. The smallest absolute Gasteiger partial charge is 0.0849 e. The Morgan fingerprint density at radius 2 is 1.67 bits per heavy atom. The van der Waals surface area contributed by atoms with E-state index in [1.54, 1.807) is 0 Å². The molecule has 110 valence electrons. The summed E-state index contributed by atoms with van der Waals surface area (Å²) in [6.07, 6.45) is 2.26. The zero-order valence-corrected chi connectivity index (χ0v) is 12.8. The van der Waals surface area contributed by atoms with Gasteiger partial charge in [-0.1, -0.05) is 54.6 Å². The maximum absolute atomic E-state index is 6.00. The third kappa shape index (κ3) is 2.87. The molecule has 3 rings (SSSR count). The fraction of sp³-hybridized carbons (Fsp3) is 0.368. The van der Waals surface area contributed by atoms with Crippen LogP contribution in [0, 0.1) is 0 Å². The molecule has 1 aliphatic heterocycles. The first kappa shape index (κ1) is 14.3. The van der Waals surface area contributed by atoms with Crippen LogP contribution in [-0.4, -0.2) is 19.3 Å². The summed E-state index contributed by atoms with van der Waals surface area (Å²) in [4.78, 5) is 0. The Morgan fingerprint density at radius 1 is 1.00 bits per heavy atom. The van der Waals surface area contributed by atoms with Crippen LogP contribution in [0.1, 0.15) is 31.4 Å². The summed E-state index contributed by atoms with van der Waals surface area (Å²) in [7, 11) is 2.02. The van der Waals surface area contributed by atoms with Gasteiger partial charge in [-0.2, -0.15) is 0 Å². The van der Waals surface area contributed by atoms with Crippen LogP contribution in [0.5, 0.6) is 0 Å². The fourth-order valence-corrected chi connectivity index (χ4v) is 3.35. The molecule has 0 bridgehead atoms. The number of hydrogen-bond donors (Lipinski definition) is 1. The fourth-order valence-electron chi connectivity index (χ4n) is 3.35. The van der Waals surface area contributed by atoms with Crippen molar-refractivity contribution in [2.45, 2.75) is 31.4 Å². The minimum Gasteiger partial charge on any atom is -0.373 e. The Hall–Kier alpha value is -1.64. The van der Waals surface area contributed by atoms with E-state index in [4.69, 9.17) is 4.74 Å². The molecule has 0 aliphatic carbocycles. The molecule has 1 saturated heterocycles. The molecule has 2 atom stereocenters. The predicted molar refractivity (Wildman–Crippen MR) is 87.3 cm³/mol. The second-order valence-corrected chi connectivity index (χ2v) is 5.97. The van der Waals surface area contributed by atoms with Crippen LogP contribution < -0.4 is 5.32 Å². The summed E-state index contributed by atoms with van der Waals surface area (Å²) < 4.78 is 6.00. The van der Waals surface area contributed by atoms with Gasteiger partial charge in [0.25, 0.3) is 0 Å². The molecule has 2 heteroatoms. The first-order chi connectivity index (χ1) is 10.2. The second kappa shape index (κ2) is 6.00. The van der Waals surface area contributed by atoms with Gasteiger partial charge in [0, 0.05) is 6.61 Å². The van der Waals surface area contributed by atoms with Gasteiger partial charge in [0.1, 0.15) is 0 Å². The number of ether oxygens (including phenoxy) is 1. The molecule has 2 aromatic carbocycles. The Morgan fingerprint density at radius 3 is 2.24 bits per heavy atom. The molecule has 1 fully saturated rings. The van der Waals surface area contributed by atoms with Gasteiger partial charge in [-0.25, -0.2) is 0 Å². The van der Waals surface area contributed by atoms with Crippen molar-refractivity contribution in [3.05, 3.63) is 60.2 Å². The summed E-state index contributed by atoms with van der Waals surface area (Å²) in [5.41, 5.74) is 3.71. The highest BCUT2D eigenvalue weighted by atomic mass is 16.5. The van der Waals surface area contributed by atoms with Crippen molar-refractivity contribution in [2.24, 2.45) is 0 Å². The minimum atomic E-state index is -0.0942. The molecular weight excluding hydrogens is 258 g/mol. The van der Waals surface area contributed by atoms with Crippen molar-refractivity contribution >= 4 is 0 Å². The van der Waals surface area contributed by atoms with Crippen LogP contribution >= 0.6 is 0 Å². The molecular formula is C19H23NO. The molecule has 0 saturated carbocycles. The van der Waals surface area contributed by atoms with Gasteiger partial charge in [0.15, 0.2) is 0 Å². The van der Waals surface area contributed by atoms with Gasteiger partial charge in [-0.15, -0.1) is 0 Å². The highest BCUT2D eigenvalue weighted by Gasteiger charge is 2.38. The molecule has 0 amide bonds. The van der Waals surface area contributed by atoms with Crippen molar-refractivity contribution in [1.29, 1.82) is 0 Å². The molecule has 2 unspecified atom stereocenters. The predicted octanol–water partition coefficient (Wildman–Crippen LogP) is 4.18. The summed E-state index contributed by atoms with van der Waals surface area (Å²) in [6, 6.07) is 19.6. The Balaban J connectivity index is 1.86. The molecule has 1 N–H and O–H groups in total. The van der Waals surface area contributed by atoms with E-state index in [-0.39, 0.29) is 11.6 Å². The third-order valence-corrected chi connectivity index (χ3v) is 4.50. The van der Waals surface area contributed by atoms with Crippen LogP contribution in [0.25, 0.3) is 11.1 Å². The number of likely N-dealkylation sites (N-methyl/N-ethyl adjacent to an activating group) is 1. The molecule has 1 heterocycles. The summed E-state index contributed by atoms with van der Waals surface area (Å²) in [5, 5.41) is 3.44. The highest BCUT2D eigenvalue weighted by Crippen LogP contribution is 2.37. The van der Waals surface area contributed by atoms with Crippen LogP contribution in [0.4, 0.5) is 0 Å². The molecule has 0 spiro atoms. The van der Waals surface area contributed by atoms with Gasteiger partial charge in [-0.05, 0) is 43.5 Å². The minimum absolute atomic E-state index is 0.0942. The number of nitrogens with one attached hydrogen (secondary N) is 1. The topological polar surface area (TPSA) is 21.3 Å². The molecule has 2 nitrogen and oxygen atoms in total. The summed E-state index contributed by atoms with van der Waals surface area (Å²) in [6.45, 7) is 3.09. The van der Waals surface area contributed by atoms with Gasteiger partial charge in [-0.3, -0.25) is 0 Å². The van der Waals surface area contributed by atoms with E-state index in [0.29, 0.717) is 0 Å². The lowest BCUT2D eigenvalue weighted by atomic mass is 9.87. The Kier molecular flexibility index (Phi) is 4.09. The highest BCUT2D eigenvalue weighted by molar-refractivity contribution is 5.63. The van der Waals surface area contributed by atoms with Crippen molar-refractivity contribution in [2.75, 3.05) is 13.7 Å². The van der Waals surface area contributed by atoms with E-state index >= 15 is 0 Å². The largest absolute Gasteiger partial charge is 0.373 e.